The van der Waals surface area contributed by atoms with Gasteiger partial charge in [0, 0.05) is 24.7 Å². The molecule has 0 aromatic heterocycles. The van der Waals surface area contributed by atoms with E-state index < -0.39 is 0 Å². The molecule has 3 rings (SSSR count). The fraction of sp³-hybridized carbons (Fsp3) is 0.458. The van der Waals surface area contributed by atoms with E-state index in [1.54, 1.807) is 21.3 Å². The molecule has 0 bridgehead atoms. The van der Waals surface area contributed by atoms with Crippen molar-refractivity contribution in [2.45, 2.75) is 32.7 Å². The van der Waals surface area contributed by atoms with Crippen LogP contribution in [0.1, 0.15) is 31.7 Å². The highest BCUT2D eigenvalue weighted by Gasteiger charge is 2.14. The zero-order chi connectivity index (χ0) is 22.8. The van der Waals surface area contributed by atoms with Crippen molar-refractivity contribution in [1.82, 2.24) is 5.32 Å². The Morgan fingerprint density at radius 1 is 0.970 bits per heavy atom. The number of aliphatic imine (C=N–C) groups is 1. The van der Waals surface area contributed by atoms with Crippen molar-refractivity contribution in [2.24, 2.45) is 4.99 Å². The van der Waals surface area contributed by atoms with E-state index in [-0.39, 0.29) is 24.0 Å². The molecule has 0 atom stereocenters. The first-order valence-electron chi connectivity index (χ1n) is 10.9. The summed E-state index contributed by atoms with van der Waals surface area (Å²) in [4.78, 5) is 4.77. The van der Waals surface area contributed by atoms with Crippen LogP contribution in [0.5, 0.6) is 28.7 Å². The third-order valence-corrected chi connectivity index (χ3v) is 4.98. The number of benzene rings is 2. The highest BCUT2D eigenvalue weighted by Crippen LogP contribution is 2.38. The van der Waals surface area contributed by atoms with Gasteiger partial charge in [0.15, 0.2) is 29.0 Å². The second kappa shape index (κ2) is 13.9. The fourth-order valence-corrected chi connectivity index (χ4v) is 3.30. The number of ether oxygens (including phenoxy) is 5. The smallest absolute Gasteiger partial charge is 0.203 e. The molecule has 2 aromatic carbocycles. The van der Waals surface area contributed by atoms with Gasteiger partial charge in [0.25, 0.3) is 0 Å². The molecule has 8 nitrogen and oxygen atoms in total. The largest absolute Gasteiger partial charge is 0.493 e. The molecule has 0 unspecified atom stereocenters. The number of guanidine groups is 1. The third kappa shape index (κ3) is 7.48. The second-order valence-electron chi connectivity index (χ2n) is 7.32. The highest BCUT2D eigenvalue weighted by atomic mass is 127. The molecule has 0 spiro atoms. The van der Waals surface area contributed by atoms with E-state index in [1.807, 2.05) is 30.3 Å². The number of methoxy groups -OCH3 is 3. The van der Waals surface area contributed by atoms with Crippen molar-refractivity contribution in [3.63, 3.8) is 0 Å². The lowest BCUT2D eigenvalue weighted by Crippen LogP contribution is -2.31. The predicted octanol–water partition coefficient (Wildman–Crippen LogP) is 4.85. The Morgan fingerprint density at radius 3 is 2.30 bits per heavy atom. The quantitative estimate of drug-likeness (QED) is 0.193. The molecule has 0 saturated heterocycles. The molecule has 33 heavy (non-hydrogen) atoms. The lowest BCUT2D eigenvalue weighted by Gasteiger charge is -2.15. The molecule has 1 heterocycles. The van der Waals surface area contributed by atoms with Crippen LogP contribution in [0.25, 0.3) is 0 Å². The van der Waals surface area contributed by atoms with E-state index in [0.29, 0.717) is 43.0 Å². The van der Waals surface area contributed by atoms with E-state index >= 15 is 0 Å². The Labute approximate surface area is 213 Å². The molecule has 0 saturated carbocycles. The molecule has 1 aliphatic rings. The summed E-state index contributed by atoms with van der Waals surface area (Å²) in [6, 6.07) is 9.64. The van der Waals surface area contributed by atoms with Gasteiger partial charge < -0.3 is 34.3 Å². The number of unbranched alkanes of at least 4 members (excludes halogenated alkanes) is 1. The van der Waals surface area contributed by atoms with Gasteiger partial charge in [-0.2, -0.15) is 0 Å². The van der Waals surface area contributed by atoms with Gasteiger partial charge in [-0.1, -0.05) is 13.3 Å². The minimum absolute atomic E-state index is 0. The van der Waals surface area contributed by atoms with Crippen LogP contribution in [0, 0.1) is 0 Å². The van der Waals surface area contributed by atoms with Crippen LogP contribution in [0.4, 0.5) is 5.69 Å². The predicted molar refractivity (Wildman–Crippen MR) is 141 cm³/mol. The summed E-state index contributed by atoms with van der Waals surface area (Å²) in [5.41, 5.74) is 1.82. The van der Waals surface area contributed by atoms with Gasteiger partial charge in [0.05, 0.1) is 41.1 Å². The Hall–Kier alpha value is -2.56. The number of fused-ring (bicyclic) bond motifs is 1. The van der Waals surface area contributed by atoms with Crippen molar-refractivity contribution >= 4 is 35.6 Å². The van der Waals surface area contributed by atoms with Crippen molar-refractivity contribution in [1.29, 1.82) is 0 Å². The number of nitrogens with zero attached hydrogens (tertiary/aromatic N) is 1. The zero-order valence-corrected chi connectivity index (χ0v) is 22.1. The van der Waals surface area contributed by atoms with Crippen LogP contribution < -0.4 is 34.3 Å². The van der Waals surface area contributed by atoms with E-state index in [2.05, 4.69) is 17.6 Å². The number of anilines is 1. The Bertz CT molecular complexity index is 898. The molecule has 2 aromatic rings. The van der Waals surface area contributed by atoms with Crippen molar-refractivity contribution in [3.8, 4) is 28.7 Å². The highest BCUT2D eigenvalue weighted by molar-refractivity contribution is 14.0. The minimum atomic E-state index is 0. The van der Waals surface area contributed by atoms with Gasteiger partial charge >= 0.3 is 0 Å². The monoisotopic (exact) mass is 571 g/mol. The van der Waals surface area contributed by atoms with Gasteiger partial charge in [-0.15, -0.1) is 24.0 Å². The number of nitrogens with one attached hydrogen (secondary N) is 2. The first kappa shape index (κ1) is 26.7. The SMILES string of the molecule is CCCCNC(=NCc1cc(OC)c(OC)c(OC)c1)Nc1ccc2c(c1)OCCCO2.I. The van der Waals surface area contributed by atoms with Crippen LogP contribution in [-0.2, 0) is 6.54 Å². The van der Waals surface area contributed by atoms with Crippen LogP contribution >= 0.6 is 24.0 Å². The molecule has 0 radical (unpaired) electrons. The summed E-state index contributed by atoms with van der Waals surface area (Å²) in [5.74, 6) is 3.96. The molecule has 0 aliphatic carbocycles. The average molecular weight is 571 g/mol. The van der Waals surface area contributed by atoms with Gasteiger partial charge in [0.2, 0.25) is 5.75 Å². The van der Waals surface area contributed by atoms with Crippen molar-refractivity contribution in [3.05, 3.63) is 35.9 Å². The van der Waals surface area contributed by atoms with Crippen molar-refractivity contribution < 1.29 is 23.7 Å². The van der Waals surface area contributed by atoms with Gasteiger partial charge in [0.1, 0.15) is 0 Å². The normalized spacial score (nSPS) is 12.8. The first-order chi connectivity index (χ1) is 15.7. The number of rotatable bonds is 9. The van der Waals surface area contributed by atoms with E-state index in [0.717, 1.165) is 48.6 Å². The molecule has 0 fully saturated rings. The molecular weight excluding hydrogens is 537 g/mol. The Kier molecular flexibility index (Phi) is 11.2. The number of hydrogen-bond donors (Lipinski definition) is 2. The molecule has 0 amide bonds. The summed E-state index contributed by atoms with van der Waals surface area (Å²) >= 11 is 0. The number of halogens is 1. The van der Waals surface area contributed by atoms with Crippen LogP contribution in [-0.4, -0.2) is 47.0 Å². The second-order valence-corrected chi connectivity index (χ2v) is 7.32. The number of hydrogen-bond acceptors (Lipinski definition) is 6. The van der Waals surface area contributed by atoms with Crippen LogP contribution in [0.15, 0.2) is 35.3 Å². The molecule has 1 aliphatic heterocycles. The van der Waals surface area contributed by atoms with Crippen LogP contribution in [0.3, 0.4) is 0 Å². The van der Waals surface area contributed by atoms with E-state index in [4.69, 9.17) is 28.7 Å². The van der Waals surface area contributed by atoms with E-state index in [1.165, 1.54) is 0 Å². The van der Waals surface area contributed by atoms with E-state index in [9.17, 15) is 0 Å². The Morgan fingerprint density at radius 2 is 1.67 bits per heavy atom. The molecule has 182 valence electrons. The topological polar surface area (TPSA) is 82.6 Å². The third-order valence-electron chi connectivity index (χ3n) is 4.98. The average Bonchev–Trinajstić information content (AvgIpc) is 3.06. The minimum Gasteiger partial charge on any atom is -0.493 e. The zero-order valence-electron chi connectivity index (χ0n) is 19.7. The summed E-state index contributed by atoms with van der Waals surface area (Å²) in [6.45, 7) is 4.73. The van der Waals surface area contributed by atoms with Crippen LogP contribution in [0.2, 0.25) is 0 Å². The van der Waals surface area contributed by atoms with Crippen molar-refractivity contribution in [2.75, 3.05) is 46.4 Å². The molecular formula is C24H34IN3O5. The maximum Gasteiger partial charge on any atom is 0.203 e. The molecule has 2 N–H and O–H groups in total. The lowest BCUT2D eigenvalue weighted by molar-refractivity contribution is 0.297. The van der Waals surface area contributed by atoms with Gasteiger partial charge in [-0.3, -0.25) is 0 Å². The summed E-state index contributed by atoms with van der Waals surface area (Å²) in [7, 11) is 4.80. The Balaban J connectivity index is 0.00000385. The summed E-state index contributed by atoms with van der Waals surface area (Å²) in [5, 5.41) is 6.77. The maximum absolute atomic E-state index is 5.81. The standard InChI is InChI=1S/C24H33N3O5.HI/c1-5-6-10-25-24(27-18-8-9-19-20(15-18)32-12-7-11-31-19)26-16-17-13-21(28-2)23(30-4)22(14-17)29-3;/h8-9,13-15H,5-7,10-12,16H2,1-4H3,(H2,25,26,27);1H. The molecule has 9 heteroatoms. The van der Waals surface area contributed by atoms with Gasteiger partial charge in [-0.05, 0) is 36.2 Å². The van der Waals surface area contributed by atoms with Gasteiger partial charge in [-0.25, -0.2) is 4.99 Å². The lowest BCUT2D eigenvalue weighted by atomic mass is 10.2. The summed E-state index contributed by atoms with van der Waals surface area (Å²) < 4.78 is 27.8. The first-order valence-corrected chi connectivity index (χ1v) is 10.9. The summed E-state index contributed by atoms with van der Waals surface area (Å²) in [6.07, 6.45) is 3.01. The maximum atomic E-state index is 5.81. The fourth-order valence-electron chi connectivity index (χ4n) is 3.30.